The summed E-state index contributed by atoms with van der Waals surface area (Å²) in [6, 6.07) is 13.3. The highest BCUT2D eigenvalue weighted by atomic mass is 35.5. The summed E-state index contributed by atoms with van der Waals surface area (Å²) in [5, 5.41) is 28.4. The number of nitrogens with two attached hydrogens (primary N) is 1. The highest BCUT2D eigenvalue weighted by Crippen LogP contribution is 2.47. The van der Waals surface area contributed by atoms with E-state index in [0.29, 0.717) is 35.6 Å². The molecule has 1 aromatic rings. The summed E-state index contributed by atoms with van der Waals surface area (Å²) in [7, 11) is 0. The first-order valence-corrected chi connectivity index (χ1v) is 8.04. The van der Waals surface area contributed by atoms with Gasteiger partial charge >= 0.3 is 0 Å². The lowest BCUT2D eigenvalue weighted by Gasteiger charge is -2.33. The molecule has 1 heterocycles. The molecule has 6 heteroatoms. The fourth-order valence-electron chi connectivity index (χ4n) is 3.29. The summed E-state index contributed by atoms with van der Waals surface area (Å²) >= 11 is 6.36. The average Bonchev–Trinajstić information content (AvgIpc) is 2.62. The lowest BCUT2D eigenvalue weighted by molar-refractivity contribution is 0.258. The van der Waals surface area contributed by atoms with Gasteiger partial charge in [0.2, 0.25) is 5.88 Å². The van der Waals surface area contributed by atoms with E-state index in [0.717, 1.165) is 16.7 Å². The molecule has 0 amide bonds. The van der Waals surface area contributed by atoms with Crippen molar-refractivity contribution in [1.29, 1.82) is 15.8 Å². The van der Waals surface area contributed by atoms with Crippen molar-refractivity contribution in [2.45, 2.75) is 25.2 Å². The zero-order valence-corrected chi connectivity index (χ0v) is 14.0. The van der Waals surface area contributed by atoms with Crippen molar-refractivity contribution in [2.75, 3.05) is 0 Å². The Morgan fingerprint density at radius 3 is 2.52 bits per heavy atom. The number of allylic oxidation sites excluding steroid dienone is 5. The minimum absolute atomic E-state index is 0.0828. The van der Waals surface area contributed by atoms with Crippen LogP contribution >= 0.6 is 11.6 Å². The van der Waals surface area contributed by atoms with Gasteiger partial charge in [0.25, 0.3) is 0 Å². The van der Waals surface area contributed by atoms with E-state index in [9.17, 15) is 5.26 Å². The molecule has 1 aromatic carbocycles. The number of ether oxygens (including phenoxy) is 1. The Kier molecular flexibility index (Phi) is 4.48. The molecule has 3 rings (SSSR count). The molecule has 2 aliphatic rings. The predicted molar refractivity (Wildman–Crippen MR) is 91.2 cm³/mol. The molecular weight excluding hydrogens is 336 g/mol. The van der Waals surface area contributed by atoms with E-state index in [-0.39, 0.29) is 11.5 Å². The summed E-state index contributed by atoms with van der Waals surface area (Å²) in [6.07, 6.45) is 1.47. The molecule has 5 nitrogen and oxygen atoms in total. The topological polar surface area (TPSA) is 107 Å². The van der Waals surface area contributed by atoms with Gasteiger partial charge in [-0.1, -0.05) is 29.8 Å². The Labute approximate surface area is 150 Å². The van der Waals surface area contributed by atoms with Gasteiger partial charge in [-0.05, 0) is 35.6 Å². The van der Waals surface area contributed by atoms with Crippen LogP contribution in [0.25, 0.3) is 0 Å². The van der Waals surface area contributed by atoms with Crippen molar-refractivity contribution in [3.05, 3.63) is 68.8 Å². The molecule has 0 radical (unpaired) electrons. The van der Waals surface area contributed by atoms with E-state index in [4.69, 9.17) is 32.6 Å². The second-order valence-corrected chi connectivity index (χ2v) is 6.18. The van der Waals surface area contributed by atoms with E-state index in [1.54, 1.807) is 6.07 Å². The number of nitrogens with zero attached hydrogens (tertiary/aromatic N) is 3. The maximum absolute atomic E-state index is 9.59. The first-order chi connectivity index (χ1) is 12.1. The molecule has 0 bridgehead atoms. The van der Waals surface area contributed by atoms with Crippen molar-refractivity contribution < 1.29 is 4.74 Å². The van der Waals surface area contributed by atoms with Crippen LogP contribution in [0.3, 0.4) is 0 Å². The van der Waals surface area contributed by atoms with Gasteiger partial charge in [-0.25, -0.2) is 0 Å². The Bertz CT molecular complexity index is 950. The predicted octanol–water partition coefficient (Wildman–Crippen LogP) is 3.93. The minimum Gasteiger partial charge on any atom is -0.445 e. The van der Waals surface area contributed by atoms with Crippen LogP contribution in [-0.2, 0) is 4.74 Å². The second-order valence-electron chi connectivity index (χ2n) is 5.77. The summed E-state index contributed by atoms with van der Waals surface area (Å²) in [5.74, 6) is 0.344. The van der Waals surface area contributed by atoms with E-state index in [2.05, 4.69) is 6.07 Å². The Morgan fingerprint density at radius 1 is 1.16 bits per heavy atom. The average molecular weight is 349 g/mol. The summed E-state index contributed by atoms with van der Waals surface area (Å²) in [5.41, 5.74) is 8.72. The van der Waals surface area contributed by atoms with Gasteiger partial charge in [0, 0.05) is 11.4 Å². The van der Waals surface area contributed by atoms with E-state index in [1.165, 1.54) is 0 Å². The molecule has 122 valence electrons. The van der Waals surface area contributed by atoms with Crippen molar-refractivity contribution in [2.24, 2.45) is 5.73 Å². The van der Waals surface area contributed by atoms with E-state index >= 15 is 0 Å². The third-order valence-electron chi connectivity index (χ3n) is 4.47. The molecule has 0 fully saturated rings. The SMILES string of the molecule is N#CC(C#N)=C1CCC2=C(C1)C(c1ccccc1Cl)C(C#N)=C(N)O2. The molecular formula is C19H13ClN4O. The van der Waals surface area contributed by atoms with Crippen LogP contribution < -0.4 is 5.73 Å². The Hall–Kier alpha value is -3.20. The van der Waals surface area contributed by atoms with Crippen LogP contribution in [0, 0.1) is 34.0 Å². The van der Waals surface area contributed by atoms with Crippen LogP contribution in [0.5, 0.6) is 0 Å². The highest BCUT2D eigenvalue weighted by Gasteiger charge is 2.36. The number of rotatable bonds is 1. The summed E-state index contributed by atoms with van der Waals surface area (Å²) in [6.45, 7) is 0. The van der Waals surface area contributed by atoms with Crippen LogP contribution in [0.2, 0.25) is 5.02 Å². The number of hydrogen-bond acceptors (Lipinski definition) is 5. The molecule has 1 atom stereocenters. The van der Waals surface area contributed by atoms with Crippen molar-refractivity contribution >= 4 is 11.6 Å². The van der Waals surface area contributed by atoms with Gasteiger partial charge in [-0.15, -0.1) is 0 Å². The molecule has 0 aromatic heterocycles. The first-order valence-electron chi connectivity index (χ1n) is 7.66. The molecule has 0 spiro atoms. The van der Waals surface area contributed by atoms with Crippen LogP contribution in [0.4, 0.5) is 0 Å². The van der Waals surface area contributed by atoms with Crippen LogP contribution in [0.1, 0.15) is 30.7 Å². The Balaban J connectivity index is 2.17. The summed E-state index contributed by atoms with van der Waals surface area (Å²) in [4.78, 5) is 0. The van der Waals surface area contributed by atoms with Crippen molar-refractivity contribution in [3.8, 4) is 18.2 Å². The smallest absolute Gasteiger partial charge is 0.205 e. The van der Waals surface area contributed by atoms with Gasteiger partial charge in [-0.3, -0.25) is 0 Å². The molecule has 1 aliphatic carbocycles. The second kappa shape index (κ2) is 6.73. The fraction of sp³-hybridized carbons (Fsp3) is 0.211. The minimum atomic E-state index is -0.434. The van der Waals surface area contributed by atoms with Crippen molar-refractivity contribution in [3.63, 3.8) is 0 Å². The number of halogens is 1. The van der Waals surface area contributed by atoms with Crippen LogP contribution in [0.15, 0.2) is 58.2 Å². The monoisotopic (exact) mass is 348 g/mol. The zero-order valence-electron chi connectivity index (χ0n) is 13.2. The third-order valence-corrected chi connectivity index (χ3v) is 4.81. The molecule has 0 saturated carbocycles. The highest BCUT2D eigenvalue weighted by molar-refractivity contribution is 6.31. The molecule has 1 aliphatic heterocycles. The number of benzene rings is 1. The van der Waals surface area contributed by atoms with Gasteiger partial charge in [-0.2, -0.15) is 15.8 Å². The maximum Gasteiger partial charge on any atom is 0.205 e. The van der Waals surface area contributed by atoms with Crippen molar-refractivity contribution in [1.82, 2.24) is 0 Å². The lowest BCUT2D eigenvalue weighted by atomic mass is 9.76. The van der Waals surface area contributed by atoms with Gasteiger partial charge in [0.15, 0.2) is 0 Å². The first kappa shape index (κ1) is 16.7. The Morgan fingerprint density at radius 2 is 1.88 bits per heavy atom. The zero-order chi connectivity index (χ0) is 18.0. The van der Waals surface area contributed by atoms with Crippen LogP contribution in [-0.4, -0.2) is 0 Å². The van der Waals surface area contributed by atoms with Gasteiger partial charge in [0.1, 0.15) is 35.1 Å². The number of nitriles is 3. The quantitative estimate of drug-likeness (QED) is 0.774. The third kappa shape index (κ3) is 2.85. The molecule has 2 N–H and O–H groups in total. The standard InChI is InChI=1S/C19H13ClN4O/c20-16-4-2-1-3-13(16)18-14-7-11(12(8-21)9-22)5-6-17(14)25-19(24)15(18)10-23/h1-4,18H,5-7,24H2. The van der Waals surface area contributed by atoms with Gasteiger partial charge < -0.3 is 10.5 Å². The van der Waals surface area contributed by atoms with E-state index < -0.39 is 5.92 Å². The summed E-state index contributed by atoms with van der Waals surface area (Å²) < 4.78 is 5.66. The van der Waals surface area contributed by atoms with Gasteiger partial charge in [0.05, 0.1) is 5.92 Å². The molecule has 0 saturated heterocycles. The number of hydrogen-bond donors (Lipinski definition) is 1. The largest absolute Gasteiger partial charge is 0.445 e. The van der Waals surface area contributed by atoms with E-state index in [1.807, 2.05) is 30.3 Å². The molecule has 1 unspecified atom stereocenters. The lowest BCUT2D eigenvalue weighted by Crippen LogP contribution is -2.23. The maximum atomic E-state index is 9.59. The fourth-order valence-corrected chi connectivity index (χ4v) is 3.54. The normalized spacial score (nSPS) is 19.3. The molecule has 25 heavy (non-hydrogen) atoms.